The van der Waals surface area contributed by atoms with E-state index in [-0.39, 0.29) is 5.92 Å². The van der Waals surface area contributed by atoms with Gasteiger partial charge in [-0.1, -0.05) is 19.4 Å². The molecule has 124 valence electrons. The van der Waals surface area contributed by atoms with Gasteiger partial charge >= 0.3 is 5.97 Å². The lowest BCUT2D eigenvalue weighted by molar-refractivity contribution is -0.143. The second-order valence-electron chi connectivity index (χ2n) is 6.10. The van der Waals surface area contributed by atoms with Gasteiger partial charge in [0.25, 0.3) is 0 Å². The van der Waals surface area contributed by atoms with Gasteiger partial charge in [-0.3, -0.25) is 4.79 Å². The Labute approximate surface area is 132 Å². The Morgan fingerprint density at radius 1 is 1.36 bits per heavy atom. The van der Waals surface area contributed by atoms with Crippen LogP contribution in [0.4, 0.5) is 0 Å². The monoisotopic (exact) mass is 309 g/mol. The molecule has 2 atom stereocenters. The van der Waals surface area contributed by atoms with E-state index in [0.29, 0.717) is 6.42 Å². The number of aryl methyl sites for hydroxylation is 1. The molecule has 1 rings (SSSR count). The molecule has 0 radical (unpaired) electrons. The molecule has 1 aromatic carbocycles. The number of benzene rings is 1. The van der Waals surface area contributed by atoms with Gasteiger partial charge in [0.1, 0.15) is 17.0 Å². The standard InChI is InChI=1S/C17H27NO4/c1-12(11-17(2,18)16(19)20)6-5-7-13-8-9-14(21-3)10-15(13)22-4/h8-10,12H,5-7,11,18H2,1-4H3,(H,19,20). The zero-order valence-electron chi connectivity index (χ0n) is 13.9. The smallest absolute Gasteiger partial charge is 0.323 e. The molecule has 0 aliphatic carbocycles. The number of carboxylic acids is 1. The Balaban J connectivity index is 2.52. The average Bonchev–Trinajstić information content (AvgIpc) is 2.46. The van der Waals surface area contributed by atoms with Crippen molar-refractivity contribution in [1.82, 2.24) is 0 Å². The molecular weight excluding hydrogens is 282 g/mol. The maximum atomic E-state index is 11.0. The largest absolute Gasteiger partial charge is 0.497 e. The number of methoxy groups -OCH3 is 2. The van der Waals surface area contributed by atoms with Crippen LogP contribution in [0, 0.1) is 5.92 Å². The molecule has 0 heterocycles. The van der Waals surface area contributed by atoms with Gasteiger partial charge in [0, 0.05) is 6.07 Å². The molecule has 0 saturated heterocycles. The highest BCUT2D eigenvalue weighted by Crippen LogP contribution is 2.27. The maximum absolute atomic E-state index is 11.0. The summed E-state index contributed by atoms with van der Waals surface area (Å²) in [6.07, 6.45) is 3.24. The molecule has 1 aromatic rings. The number of rotatable bonds is 9. The molecule has 0 bridgehead atoms. The van der Waals surface area contributed by atoms with E-state index >= 15 is 0 Å². The van der Waals surface area contributed by atoms with Crippen molar-refractivity contribution in [3.05, 3.63) is 23.8 Å². The molecule has 0 amide bonds. The zero-order valence-corrected chi connectivity index (χ0v) is 13.9. The Kier molecular flexibility index (Phi) is 6.68. The first-order valence-electron chi connectivity index (χ1n) is 7.53. The predicted molar refractivity (Wildman–Crippen MR) is 86.5 cm³/mol. The second-order valence-corrected chi connectivity index (χ2v) is 6.10. The Morgan fingerprint density at radius 3 is 2.59 bits per heavy atom. The van der Waals surface area contributed by atoms with Gasteiger partial charge in [-0.05, 0) is 43.7 Å². The summed E-state index contributed by atoms with van der Waals surface area (Å²) >= 11 is 0. The van der Waals surface area contributed by atoms with Crippen molar-refractivity contribution in [3.8, 4) is 11.5 Å². The Bertz CT molecular complexity index is 499. The topological polar surface area (TPSA) is 81.8 Å². The van der Waals surface area contributed by atoms with Gasteiger partial charge in [0.15, 0.2) is 0 Å². The molecular formula is C17H27NO4. The lowest BCUT2D eigenvalue weighted by Gasteiger charge is -2.23. The van der Waals surface area contributed by atoms with E-state index in [1.54, 1.807) is 21.1 Å². The SMILES string of the molecule is COc1ccc(CCCC(C)CC(C)(N)C(=O)O)c(OC)c1. The highest BCUT2D eigenvalue weighted by molar-refractivity contribution is 5.77. The van der Waals surface area contributed by atoms with E-state index in [1.807, 2.05) is 25.1 Å². The number of carbonyl (C=O) groups is 1. The van der Waals surface area contributed by atoms with Crippen LogP contribution in [0.1, 0.15) is 38.7 Å². The fourth-order valence-corrected chi connectivity index (χ4v) is 2.61. The van der Waals surface area contributed by atoms with Crippen molar-refractivity contribution in [3.63, 3.8) is 0 Å². The van der Waals surface area contributed by atoms with Crippen LogP contribution in [0.15, 0.2) is 18.2 Å². The minimum Gasteiger partial charge on any atom is -0.497 e. The lowest BCUT2D eigenvalue weighted by Crippen LogP contribution is -2.46. The van der Waals surface area contributed by atoms with Crippen LogP contribution in [0.2, 0.25) is 0 Å². The summed E-state index contributed by atoms with van der Waals surface area (Å²) in [5.41, 5.74) is 5.76. The number of nitrogens with two attached hydrogens (primary N) is 1. The van der Waals surface area contributed by atoms with Gasteiger partial charge in [-0.25, -0.2) is 0 Å². The van der Waals surface area contributed by atoms with E-state index in [1.165, 1.54) is 0 Å². The number of ether oxygens (including phenoxy) is 2. The normalized spacial score (nSPS) is 15.0. The van der Waals surface area contributed by atoms with Gasteiger partial charge in [0.2, 0.25) is 0 Å². The van der Waals surface area contributed by atoms with Crippen LogP contribution in [-0.2, 0) is 11.2 Å². The highest BCUT2D eigenvalue weighted by atomic mass is 16.5. The molecule has 22 heavy (non-hydrogen) atoms. The fraction of sp³-hybridized carbons (Fsp3) is 0.588. The van der Waals surface area contributed by atoms with Gasteiger partial charge in [0.05, 0.1) is 14.2 Å². The molecule has 0 saturated carbocycles. The summed E-state index contributed by atoms with van der Waals surface area (Å²) in [4.78, 5) is 11.0. The first-order chi connectivity index (χ1) is 10.3. The molecule has 2 unspecified atom stereocenters. The summed E-state index contributed by atoms with van der Waals surface area (Å²) in [6, 6.07) is 5.80. The fourth-order valence-electron chi connectivity index (χ4n) is 2.61. The molecule has 0 aromatic heterocycles. The van der Waals surface area contributed by atoms with E-state index < -0.39 is 11.5 Å². The number of carboxylic acid groups (broad SMARTS) is 1. The van der Waals surface area contributed by atoms with Crippen LogP contribution < -0.4 is 15.2 Å². The highest BCUT2D eigenvalue weighted by Gasteiger charge is 2.29. The first kappa shape index (κ1) is 18.3. The van der Waals surface area contributed by atoms with Crippen molar-refractivity contribution in [1.29, 1.82) is 0 Å². The van der Waals surface area contributed by atoms with Crippen molar-refractivity contribution in [2.75, 3.05) is 14.2 Å². The third-order valence-corrected chi connectivity index (χ3v) is 3.90. The van der Waals surface area contributed by atoms with Crippen LogP contribution in [0.5, 0.6) is 11.5 Å². The average molecular weight is 309 g/mol. The molecule has 5 nitrogen and oxygen atoms in total. The summed E-state index contributed by atoms with van der Waals surface area (Å²) in [5.74, 6) is 0.905. The summed E-state index contributed by atoms with van der Waals surface area (Å²) in [7, 11) is 3.27. The summed E-state index contributed by atoms with van der Waals surface area (Å²) < 4.78 is 10.6. The second kappa shape index (κ2) is 8.03. The van der Waals surface area contributed by atoms with Crippen molar-refractivity contribution in [2.45, 2.75) is 45.1 Å². The molecule has 0 aliphatic heterocycles. The Hall–Kier alpha value is -1.75. The molecule has 5 heteroatoms. The van der Waals surface area contributed by atoms with E-state index in [0.717, 1.165) is 36.3 Å². The first-order valence-corrected chi connectivity index (χ1v) is 7.53. The van der Waals surface area contributed by atoms with Crippen LogP contribution in [0.25, 0.3) is 0 Å². The zero-order chi connectivity index (χ0) is 16.8. The minimum atomic E-state index is -1.16. The Morgan fingerprint density at radius 2 is 2.05 bits per heavy atom. The van der Waals surface area contributed by atoms with Crippen LogP contribution in [-0.4, -0.2) is 30.8 Å². The van der Waals surface area contributed by atoms with Gasteiger partial charge in [-0.15, -0.1) is 0 Å². The van der Waals surface area contributed by atoms with Gasteiger partial charge < -0.3 is 20.3 Å². The van der Waals surface area contributed by atoms with E-state index in [4.69, 9.17) is 20.3 Å². The third-order valence-electron chi connectivity index (χ3n) is 3.90. The molecule has 0 spiro atoms. The van der Waals surface area contributed by atoms with E-state index in [9.17, 15) is 4.79 Å². The lowest BCUT2D eigenvalue weighted by atomic mass is 9.87. The van der Waals surface area contributed by atoms with Crippen LogP contribution in [0.3, 0.4) is 0 Å². The van der Waals surface area contributed by atoms with Crippen molar-refractivity contribution in [2.24, 2.45) is 11.7 Å². The van der Waals surface area contributed by atoms with Crippen molar-refractivity contribution < 1.29 is 19.4 Å². The summed E-state index contributed by atoms with van der Waals surface area (Å²) in [5, 5.41) is 9.06. The molecule has 3 N–H and O–H groups in total. The molecule has 0 aliphatic rings. The van der Waals surface area contributed by atoms with E-state index in [2.05, 4.69) is 0 Å². The number of hydrogen-bond acceptors (Lipinski definition) is 4. The minimum absolute atomic E-state index is 0.260. The molecule has 0 fully saturated rings. The maximum Gasteiger partial charge on any atom is 0.323 e. The quantitative estimate of drug-likeness (QED) is 0.733. The number of hydrogen-bond donors (Lipinski definition) is 2. The van der Waals surface area contributed by atoms with Gasteiger partial charge in [-0.2, -0.15) is 0 Å². The predicted octanol–water partition coefficient (Wildman–Crippen LogP) is 2.85. The summed E-state index contributed by atoms with van der Waals surface area (Å²) in [6.45, 7) is 3.61. The third kappa shape index (κ3) is 5.22. The van der Waals surface area contributed by atoms with Crippen LogP contribution >= 0.6 is 0 Å². The number of aliphatic carboxylic acids is 1. The van der Waals surface area contributed by atoms with Crippen molar-refractivity contribution >= 4 is 5.97 Å².